The monoisotopic (exact) mass is 215 g/mol. The van der Waals surface area contributed by atoms with E-state index in [1.165, 1.54) is 0 Å². The van der Waals surface area contributed by atoms with E-state index in [9.17, 15) is 9.59 Å². The summed E-state index contributed by atoms with van der Waals surface area (Å²) in [6.07, 6.45) is 1.99. The number of hydrogen-bond donors (Lipinski definition) is 3. The van der Waals surface area contributed by atoms with E-state index in [1.54, 1.807) is 0 Å². The number of nitrogens with two attached hydrogens (primary N) is 2. The Bertz CT molecular complexity index is 207. The molecule has 0 spiro atoms. The largest absolute Gasteiger partial charge is 0.345 e. The summed E-state index contributed by atoms with van der Waals surface area (Å²) in [5.74, 6) is -0.206. The molecule has 0 aliphatic heterocycles. The highest BCUT2D eigenvalue weighted by Gasteiger charge is 2.19. The molecule has 0 rings (SSSR count). The summed E-state index contributed by atoms with van der Waals surface area (Å²) in [6.45, 7) is 4.25. The third-order valence-electron chi connectivity index (χ3n) is 2.23. The predicted octanol–water partition coefficient (Wildman–Crippen LogP) is -0.608. The predicted molar refractivity (Wildman–Crippen MR) is 59.1 cm³/mol. The van der Waals surface area contributed by atoms with Crippen LogP contribution in [-0.2, 0) is 9.59 Å². The van der Waals surface area contributed by atoms with E-state index in [0.29, 0.717) is 19.4 Å². The maximum atomic E-state index is 11.5. The molecule has 0 saturated heterocycles. The summed E-state index contributed by atoms with van der Waals surface area (Å²) in [7, 11) is 0. The zero-order valence-corrected chi connectivity index (χ0v) is 9.40. The van der Waals surface area contributed by atoms with Gasteiger partial charge in [-0.25, -0.2) is 0 Å². The van der Waals surface area contributed by atoms with Gasteiger partial charge in [0.25, 0.3) is 0 Å². The van der Waals surface area contributed by atoms with E-state index in [0.717, 1.165) is 6.29 Å². The molecule has 5 nitrogen and oxygen atoms in total. The zero-order chi connectivity index (χ0) is 11.8. The van der Waals surface area contributed by atoms with Crippen molar-refractivity contribution in [1.29, 1.82) is 0 Å². The lowest BCUT2D eigenvalue weighted by Crippen LogP contribution is -2.48. The highest BCUT2D eigenvalue weighted by molar-refractivity contribution is 5.84. The van der Waals surface area contributed by atoms with Gasteiger partial charge in [-0.3, -0.25) is 4.79 Å². The molecule has 0 bridgehead atoms. The van der Waals surface area contributed by atoms with E-state index in [1.807, 2.05) is 13.8 Å². The minimum Gasteiger partial charge on any atom is -0.345 e. The third kappa shape index (κ3) is 5.49. The Morgan fingerprint density at radius 1 is 1.47 bits per heavy atom. The number of rotatable bonds is 7. The van der Waals surface area contributed by atoms with E-state index in [-0.39, 0.29) is 11.8 Å². The molecule has 1 amide bonds. The van der Waals surface area contributed by atoms with Crippen LogP contribution in [-0.4, -0.2) is 30.8 Å². The number of carbonyl (C=O) groups excluding carboxylic acids is 2. The van der Waals surface area contributed by atoms with Crippen molar-refractivity contribution in [2.24, 2.45) is 17.4 Å². The van der Waals surface area contributed by atoms with E-state index < -0.39 is 12.1 Å². The molecule has 5 N–H and O–H groups in total. The number of amides is 1. The van der Waals surface area contributed by atoms with E-state index in [4.69, 9.17) is 11.5 Å². The van der Waals surface area contributed by atoms with Crippen molar-refractivity contribution in [3.63, 3.8) is 0 Å². The molecular weight excluding hydrogens is 194 g/mol. The first-order chi connectivity index (χ1) is 7.02. The summed E-state index contributed by atoms with van der Waals surface area (Å²) >= 11 is 0. The Hall–Kier alpha value is -0.940. The molecule has 0 aromatic rings. The van der Waals surface area contributed by atoms with Crippen LogP contribution in [0.5, 0.6) is 0 Å². The van der Waals surface area contributed by atoms with Crippen LogP contribution in [0.25, 0.3) is 0 Å². The standard InChI is InChI=1S/C10H21N3O2/c1-7(2)9(6-14)13-10(15)8(12)4-3-5-11/h6-9H,3-5,11-12H2,1-2H3,(H,13,15)/t8-,9+/m1/s1. The van der Waals surface area contributed by atoms with Crippen LogP contribution < -0.4 is 16.8 Å². The van der Waals surface area contributed by atoms with Crippen LogP contribution in [0.3, 0.4) is 0 Å². The van der Waals surface area contributed by atoms with Crippen molar-refractivity contribution in [3.05, 3.63) is 0 Å². The van der Waals surface area contributed by atoms with Crippen molar-refractivity contribution in [2.75, 3.05) is 6.54 Å². The van der Waals surface area contributed by atoms with Gasteiger partial charge in [0, 0.05) is 0 Å². The first-order valence-electron chi connectivity index (χ1n) is 5.24. The Morgan fingerprint density at radius 3 is 2.47 bits per heavy atom. The third-order valence-corrected chi connectivity index (χ3v) is 2.23. The second kappa shape index (κ2) is 7.36. The molecule has 0 aliphatic carbocycles. The second-order valence-electron chi connectivity index (χ2n) is 3.95. The number of nitrogens with one attached hydrogen (secondary N) is 1. The molecular formula is C10H21N3O2. The highest BCUT2D eigenvalue weighted by Crippen LogP contribution is 2.00. The second-order valence-corrected chi connectivity index (χ2v) is 3.95. The molecule has 0 radical (unpaired) electrons. The topological polar surface area (TPSA) is 98.2 Å². The SMILES string of the molecule is CC(C)[C@H](C=O)NC(=O)[C@H](N)CCCN. The van der Waals surface area contributed by atoms with Gasteiger partial charge in [0.2, 0.25) is 5.91 Å². The van der Waals surface area contributed by atoms with Crippen molar-refractivity contribution < 1.29 is 9.59 Å². The van der Waals surface area contributed by atoms with Gasteiger partial charge in [0.1, 0.15) is 6.29 Å². The number of hydrogen-bond acceptors (Lipinski definition) is 4. The van der Waals surface area contributed by atoms with Crippen molar-refractivity contribution in [3.8, 4) is 0 Å². The van der Waals surface area contributed by atoms with Gasteiger partial charge in [0.15, 0.2) is 0 Å². The van der Waals surface area contributed by atoms with Crippen molar-refractivity contribution in [1.82, 2.24) is 5.32 Å². The quantitative estimate of drug-likeness (QED) is 0.493. The molecule has 0 aromatic heterocycles. The van der Waals surface area contributed by atoms with Gasteiger partial charge in [0.05, 0.1) is 12.1 Å². The van der Waals surface area contributed by atoms with Gasteiger partial charge in [-0.05, 0) is 25.3 Å². The van der Waals surface area contributed by atoms with Crippen molar-refractivity contribution in [2.45, 2.75) is 38.8 Å². The molecule has 15 heavy (non-hydrogen) atoms. The van der Waals surface area contributed by atoms with Gasteiger partial charge < -0.3 is 21.6 Å². The molecule has 2 atom stereocenters. The van der Waals surface area contributed by atoms with Crippen LogP contribution in [0.1, 0.15) is 26.7 Å². The maximum absolute atomic E-state index is 11.5. The summed E-state index contributed by atoms with van der Waals surface area (Å²) in [5, 5.41) is 2.60. The Balaban J connectivity index is 4.04. The Kier molecular flexibility index (Phi) is 6.90. The minimum absolute atomic E-state index is 0.0770. The molecule has 0 fully saturated rings. The number of aldehydes is 1. The first-order valence-corrected chi connectivity index (χ1v) is 5.24. The molecule has 5 heteroatoms. The summed E-state index contributed by atoms with van der Waals surface area (Å²) in [6, 6.07) is -1.03. The van der Waals surface area contributed by atoms with Crippen LogP contribution >= 0.6 is 0 Å². The fourth-order valence-corrected chi connectivity index (χ4v) is 1.10. The van der Waals surface area contributed by atoms with Crippen LogP contribution in [0.15, 0.2) is 0 Å². The molecule has 88 valence electrons. The average molecular weight is 215 g/mol. The lowest BCUT2D eigenvalue weighted by atomic mass is 10.0. The van der Waals surface area contributed by atoms with Crippen molar-refractivity contribution >= 4 is 12.2 Å². The van der Waals surface area contributed by atoms with E-state index >= 15 is 0 Å². The number of carbonyl (C=O) groups is 2. The fourth-order valence-electron chi connectivity index (χ4n) is 1.10. The smallest absolute Gasteiger partial charge is 0.237 e. The lowest BCUT2D eigenvalue weighted by molar-refractivity contribution is -0.125. The van der Waals surface area contributed by atoms with Gasteiger partial charge in [-0.1, -0.05) is 13.8 Å². The van der Waals surface area contributed by atoms with Gasteiger partial charge in [-0.2, -0.15) is 0 Å². The Morgan fingerprint density at radius 2 is 2.07 bits per heavy atom. The first kappa shape index (κ1) is 14.1. The van der Waals surface area contributed by atoms with Crippen LogP contribution in [0.4, 0.5) is 0 Å². The molecule has 0 aliphatic rings. The normalized spacial score (nSPS) is 14.7. The maximum Gasteiger partial charge on any atom is 0.237 e. The lowest BCUT2D eigenvalue weighted by Gasteiger charge is -2.19. The summed E-state index contributed by atoms with van der Waals surface area (Å²) in [5.41, 5.74) is 10.9. The fraction of sp³-hybridized carbons (Fsp3) is 0.800. The average Bonchev–Trinajstić information content (AvgIpc) is 2.21. The van der Waals surface area contributed by atoms with E-state index in [2.05, 4.69) is 5.32 Å². The molecule has 0 heterocycles. The highest BCUT2D eigenvalue weighted by atomic mass is 16.2. The van der Waals surface area contributed by atoms with Gasteiger partial charge >= 0.3 is 0 Å². The minimum atomic E-state index is -0.574. The molecule has 0 aromatic carbocycles. The molecule has 0 saturated carbocycles. The van der Waals surface area contributed by atoms with Crippen LogP contribution in [0, 0.1) is 5.92 Å². The van der Waals surface area contributed by atoms with Crippen LogP contribution in [0.2, 0.25) is 0 Å². The van der Waals surface area contributed by atoms with Gasteiger partial charge in [-0.15, -0.1) is 0 Å². The summed E-state index contributed by atoms with van der Waals surface area (Å²) in [4.78, 5) is 22.1. The Labute approximate surface area is 90.6 Å². The summed E-state index contributed by atoms with van der Waals surface area (Å²) < 4.78 is 0. The zero-order valence-electron chi connectivity index (χ0n) is 9.40. The molecule has 0 unspecified atom stereocenters.